The topological polar surface area (TPSA) is 44.4 Å². The fraction of sp³-hybridized carbons (Fsp3) is 0.667. The summed E-state index contributed by atoms with van der Waals surface area (Å²) < 4.78 is 0. The third-order valence-corrected chi connectivity index (χ3v) is 5.76. The Labute approximate surface area is 152 Å². The molecular weight excluding hydrogens is 310 g/mol. The largest absolute Gasteiger partial charge is 0.358 e. The van der Waals surface area contributed by atoms with Gasteiger partial charge in [-0.25, -0.2) is 0 Å². The quantitative estimate of drug-likeness (QED) is 0.863. The first kappa shape index (κ1) is 18.4. The second-order valence-corrected chi connectivity index (χ2v) is 7.69. The number of likely N-dealkylation sites (N-methyl/N-ethyl adjacent to an activating group) is 1. The average Bonchev–Trinajstić information content (AvgIpc) is 3.00. The maximum absolute atomic E-state index is 12.4. The summed E-state index contributed by atoms with van der Waals surface area (Å²) in [7, 11) is 1.75. The Balaban J connectivity index is 1.60. The summed E-state index contributed by atoms with van der Waals surface area (Å²) in [5.74, 6) is 0.151. The number of rotatable bonds is 5. The van der Waals surface area contributed by atoms with Crippen LogP contribution >= 0.6 is 0 Å². The lowest BCUT2D eigenvalue weighted by Crippen LogP contribution is -2.41. The van der Waals surface area contributed by atoms with Crippen LogP contribution in [0.3, 0.4) is 0 Å². The van der Waals surface area contributed by atoms with Crippen LogP contribution in [0.25, 0.3) is 0 Å². The second-order valence-electron chi connectivity index (χ2n) is 7.69. The summed E-state index contributed by atoms with van der Waals surface area (Å²) in [6.45, 7) is 1.81. The summed E-state index contributed by atoms with van der Waals surface area (Å²) in [5, 5.41) is 6.75. The fourth-order valence-corrected chi connectivity index (χ4v) is 4.41. The van der Waals surface area contributed by atoms with E-state index in [4.69, 9.17) is 0 Å². The van der Waals surface area contributed by atoms with Crippen LogP contribution in [0.2, 0.25) is 0 Å². The van der Waals surface area contributed by atoms with Crippen LogP contribution in [0.15, 0.2) is 30.3 Å². The van der Waals surface area contributed by atoms with E-state index in [-0.39, 0.29) is 11.9 Å². The second kappa shape index (κ2) is 9.35. The number of nitrogens with zero attached hydrogens (tertiary/aromatic N) is 1. The van der Waals surface area contributed by atoms with Crippen molar-refractivity contribution >= 4 is 5.91 Å². The zero-order valence-electron chi connectivity index (χ0n) is 15.5. The molecule has 2 aliphatic rings. The van der Waals surface area contributed by atoms with Gasteiger partial charge in [0.15, 0.2) is 0 Å². The molecule has 4 nitrogen and oxygen atoms in total. The molecule has 2 N–H and O–H groups in total. The molecule has 1 aliphatic carbocycles. The molecule has 1 heterocycles. The summed E-state index contributed by atoms with van der Waals surface area (Å²) in [4.78, 5) is 14.7. The van der Waals surface area contributed by atoms with Gasteiger partial charge in [0.05, 0.1) is 6.04 Å². The van der Waals surface area contributed by atoms with Crippen molar-refractivity contribution in [2.45, 2.75) is 76.0 Å². The maximum atomic E-state index is 12.4. The van der Waals surface area contributed by atoms with Crippen molar-refractivity contribution in [3.05, 3.63) is 35.9 Å². The van der Waals surface area contributed by atoms with Crippen molar-refractivity contribution in [2.75, 3.05) is 13.6 Å². The van der Waals surface area contributed by atoms with Gasteiger partial charge in [0.2, 0.25) is 5.91 Å². The molecule has 1 aliphatic heterocycles. The van der Waals surface area contributed by atoms with Crippen LogP contribution in [-0.2, 0) is 11.3 Å². The minimum atomic E-state index is -0.0174. The van der Waals surface area contributed by atoms with Crippen LogP contribution in [0.4, 0.5) is 0 Å². The number of amides is 1. The first-order valence-electron chi connectivity index (χ1n) is 10.0. The highest BCUT2D eigenvalue weighted by Crippen LogP contribution is 2.24. The number of benzene rings is 1. The predicted octanol–water partition coefficient (Wildman–Crippen LogP) is 3.08. The molecule has 4 heteroatoms. The Morgan fingerprint density at radius 1 is 1.04 bits per heavy atom. The van der Waals surface area contributed by atoms with Crippen LogP contribution < -0.4 is 10.6 Å². The van der Waals surface area contributed by atoms with Gasteiger partial charge in [-0.1, -0.05) is 62.4 Å². The van der Waals surface area contributed by atoms with E-state index in [1.54, 1.807) is 7.05 Å². The van der Waals surface area contributed by atoms with E-state index >= 15 is 0 Å². The van der Waals surface area contributed by atoms with Crippen LogP contribution in [0.1, 0.15) is 56.9 Å². The standard InChI is InChI=1S/C21H33N3O/c1-22-21(25)20-14-19(23-18-12-8-3-2-4-9-13-18)16-24(20)15-17-10-6-5-7-11-17/h5-7,10-11,18-20,23H,2-4,8-9,12-16H2,1H3,(H,22,25)/t19-,20+/m1/s1. The van der Waals surface area contributed by atoms with E-state index in [0.717, 1.165) is 19.5 Å². The van der Waals surface area contributed by atoms with E-state index in [0.29, 0.717) is 12.1 Å². The zero-order valence-corrected chi connectivity index (χ0v) is 15.5. The van der Waals surface area contributed by atoms with E-state index in [2.05, 4.69) is 39.8 Å². The number of carbonyl (C=O) groups is 1. The molecule has 1 amide bonds. The molecule has 1 aromatic rings. The highest BCUT2D eigenvalue weighted by atomic mass is 16.2. The number of carbonyl (C=O) groups excluding carboxylic acids is 1. The predicted molar refractivity (Wildman–Crippen MR) is 102 cm³/mol. The van der Waals surface area contributed by atoms with E-state index in [1.807, 2.05) is 6.07 Å². The molecule has 2 fully saturated rings. The number of hydrogen-bond acceptors (Lipinski definition) is 3. The van der Waals surface area contributed by atoms with Gasteiger partial charge < -0.3 is 10.6 Å². The normalized spacial score (nSPS) is 26.1. The zero-order chi connectivity index (χ0) is 17.5. The Morgan fingerprint density at radius 3 is 2.40 bits per heavy atom. The molecule has 25 heavy (non-hydrogen) atoms. The van der Waals surface area contributed by atoms with E-state index in [1.165, 1.54) is 50.5 Å². The van der Waals surface area contributed by atoms with Gasteiger partial charge >= 0.3 is 0 Å². The molecule has 0 unspecified atom stereocenters. The third-order valence-electron chi connectivity index (χ3n) is 5.76. The first-order valence-corrected chi connectivity index (χ1v) is 10.0. The molecule has 138 valence electrons. The van der Waals surface area contributed by atoms with Crippen molar-refractivity contribution in [1.82, 2.24) is 15.5 Å². The van der Waals surface area contributed by atoms with Crippen LogP contribution in [0, 0.1) is 0 Å². The van der Waals surface area contributed by atoms with Crippen molar-refractivity contribution in [2.24, 2.45) is 0 Å². The Hall–Kier alpha value is -1.39. The molecule has 2 atom stereocenters. The fourth-order valence-electron chi connectivity index (χ4n) is 4.41. The molecule has 0 radical (unpaired) electrons. The molecule has 1 saturated heterocycles. The first-order chi connectivity index (χ1) is 12.3. The van der Waals surface area contributed by atoms with Gasteiger partial charge in [0, 0.05) is 32.2 Å². The molecule has 0 aromatic heterocycles. The molecule has 0 spiro atoms. The van der Waals surface area contributed by atoms with Crippen molar-refractivity contribution in [3.63, 3.8) is 0 Å². The third kappa shape index (κ3) is 5.29. The molecule has 0 bridgehead atoms. The Kier molecular flexibility index (Phi) is 6.88. The Bertz CT molecular complexity index is 525. The SMILES string of the molecule is CNC(=O)[C@@H]1C[C@@H](NC2CCCCCCC2)CN1Cc1ccccc1. The van der Waals surface area contributed by atoms with Gasteiger partial charge in [-0.15, -0.1) is 0 Å². The van der Waals surface area contributed by atoms with Gasteiger partial charge in [0.1, 0.15) is 0 Å². The lowest BCUT2D eigenvalue weighted by molar-refractivity contribution is -0.125. The van der Waals surface area contributed by atoms with E-state index < -0.39 is 0 Å². The van der Waals surface area contributed by atoms with Gasteiger partial charge in [-0.05, 0) is 24.8 Å². The Morgan fingerprint density at radius 2 is 1.72 bits per heavy atom. The monoisotopic (exact) mass is 343 g/mol. The van der Waals surface area contributed by atoms with E-state index in [9.17, 15) is 4.79 Å². The molecular formula is C21H33N3O. The maximum Gasteiger partial charge on any atom is 0.237 e. The smallest absolute Gasteiger partial charge is 0.237 e. The average molecular weight is 344 g/mol. The van der Waals surface area contributed by atoms with Crippen molar-refractivity contribution < 1.29 is 4.79 Å². The summed E-state index contributed by atoms with van der Waals surface area (Å²) >= 11 is 0. The summed E-state index contributed by atoms with van der Waals surface area (Å²) in [6.07, 6.45) is 10.4. The summed E-state index contributed by atoms with van der Waals surface area (Å²) in [6, 6.07) is 11.5. The molecule has 3 rings (SSSR count). The summed E-state index contributed by atoms with van der Waals surface area (Å²) in [5.41, 5.74) is 1.28. The highest BCUT2D eigenvalue weighted by Gasteiger charge is 2.36. The van der Waals surface area contributed by atoms with Gasteiger partial charge in [-0.2, -0.15) is 0 Å². The molecule has 1 aromatic carbocycles. The van der Waals surface area contributed by atoms with Gasteiger partial charge in [-0.3, -0.25) is 9.69 Å². The van der Waals surface area contributed by atoms with Crippen molar-refractivity contribution in [3.8, 4) is 0 Å². The number of likely N-dealkylation sites (tertiary alicyclic amines) is 1. The number of hydrogen-bond donors (Lipinski definition) is 2. The van der Waals surface area contributed by atoms with Crippen molar-refractivity contribution in [1.29, 1.82) is 0 Å². The van der Waals surface area contributed by atoms with Crippen LogP contribution in [-0.4, -0.2) is 42.5 Å². The number of nitrogens with one attached hydrogen (secondary N) is 2. The lowest BCUT2D eigenvalue weighted by atomic mass is 9.96. The minimum absolute atomic E-state index is 0.0174. The van der Waals surface area contributed by atoms with Gasteiger partial charge in [0.25, 0.3) is 0 Å². The molecule has 1 saturated carbocycles. The lowest BCUT2D eigenvalue weighted by Gasteiger charge is -2.25. The highest BCUT2D eigenvalue weighted by molar-refractivity contribution is 5.81. The van der Waals surface area contributed by atoms with Crippen LogP contribution in [0.5, 0.6) is 0 Å². The minimum Gasteiger partial charge on any atom is -0.358 e.